The van der Waals surface area contributed by atoms with E-state index in [0.717, 1.165) is 0 Å². The summed E-state index contributed by atoms with van der Waals surface area (Å²) in [5.74, 6) is -1.54. The summed E-state index contributed by atoms with van der Waals surface area (Å²) in [6, 6.07) is 0. The quantitative estimate of drug-likeness (QED) is 0.488. The maximum atomic E-state index is 11.0. The predicted octanol–water partition coefficient (Wildman–Crippen LogP) is -0.596. The van der Waals surface area contributed by atoms with Crippen LogP contribution in [0.25, 0.3) is 0 Å². The number of ketones is 1. The van der Waals surface area contributed by atoms with Crippen molar-refractivity contribution in [2.45, 2.75) is 6.42 Å². The fourth-order valence-corrected chi connectivity index (χ4v) is 1.58. The minimum Gasteiger partial charge on any atom is -0.296 e. The molecule has 0 bridgehead atoms. The van der Waals surface area contributed by atoms with Gasteiger partial charge in [-0.25, -0.2) is 0 Å². The van der Waals surface area contributed by atoms with Gasteiger partial charge in [0.05, 0.1) is 11.8 Å². The summed E-state index contributed by atoms with van der Waals surface area (Å²) in [7, 11) is 0. The first-order valence-corrected chi connectivity index (χ1v) is 3.74. The number of hydrogen-bond donors (Lipinski definition) is 1. The highest BCUT2D eigenvalue weighted by Gasteiger charge is 2.42. The molecule has 0 aromatic rings. The first-order chi connectivity index (χ1) is 5.68. The van der Waals surface area contributed by atoms with E-state index in [0.29, 0.717) is 0 Å². The lowest BCUT2D eigenvalue weighted by Crippen LogP contribution is -2.23. The van der Waals surface area contributed by atoms with Gasteiger partial charge in [-0.05, 0) is 6.08 Å². The number of nitrogens with one attached hydrogen (secondary N) is 1. The summed E-state index contributed by atoms with van der Waals surface area (Å²) in [6.45, 7) is 0. The second kappa shape index (κ2) is 2.27. The molecule has 1 aliphatic carbocycles. The molecule has 1 fully saturated rings. The van der Waals surface area contributed by atoms with Crippen LogP contribution in [0.2, 0.25) is 0 Å². The number of fused-ring (bicyclic) bond motifs is 1. The minimum atomic E-state index is -0.449. The average molecular weight is 165 g/mol. The maximum absolute atomic E-state index is 11.0. The second-order valence-electron chi connectivity index (χ2n) is 3.02. The van der Waals surface area contributed by atoms with E-state index in [-0.39, 0.29) is 24.0 Å². The number of carbonyl (C=O) groups is 3. The monoisotopic (exact) mass is 165 g/mol. The Morgan fingerprint density at radius 3 is 2.75 bits per heavy atom. The maximum Gasteiger partial charge on any atom is 0.234 e. The molecule has 2 atom stereocenters. The zero-order valence-electron chi connectivity index (χ0n) is 6.24. The number of allylic oxidation sites excluding steroid dienone is 1. The number of amides is 2. The highest BCUT2D eigenvalue weighted by atomic mass is 16.2. The van der Waals surface area contributed by atoms with Crippen molar-refractivity contribution < 1.29 is 14.4 Å². The molecule has 2 rings (SSSR count). The number of imide groups is 1. The Balaban J connectivity index is 2.34. The van der Waals surface area contributed by atoms with Crippen molar-refractivity contribution in [1.29, 1.82) is 0 Å². The van der Waals surface area contributed by atoms with Gasteiger partial charge >= 0.3 is 0 Å². The minimum absolute atomic E-state index is 0.0823. The molecule has 12 heavy (non-hydrogen) atoms. The molecule has 2 aliphatic rings. The molecule has 1 aliphatic heterocycles. The Morgan fingerprint density at radius 2 is 2.00 bits per heavy atom. The van der Waals surface area contributed by atoms with Crippen molar-refractivity contribution in [3.63, 3.8) is 0 Å². The van der Waals surface area contributed by atoms with Crippen LogP contribution in [-0.2, 0) is 14.4 Å². The lowest BCUT2D eigenvalue weighted by molar-refractivity contribution is -0.127. The molecule has 1 saturated heterocycles. The van der Waals surface area contributed by atoms with Crippen molar-refractivity contribution in [1.82, 2.24) is 5.32 Å². The summed E-state index contributed by atoms with van der Waals surface area (Å²) in [4.78, 5) is 33.0. The van der Waals surface area contributed by atoms with Crippen molar-refractivity contribution >= 4 is 17.6 Å². The Bertz CT molecular complexity index is 305. The lowest BCUT2D eigenvalue weighted by atomic mass is 9.85. The Kier molecular flexibility index (Phi) is 1.36. The third-order valence-electron chi connectivity index (χ3n) is 2.23. The van der Waals surface area contributed by atoms with Crippen LogP contribution < -0.4 is 5.32 Å². The van der Waals surface area contributed by atoms with Gasteiger partial charge in [0.1, 0.15) is 0 Å². The summed E-state index contributed by atoms with van der Waals surface area (Å²) in [6.07, 6.45) is 3.05. The van der Waals surface area contributed by atoms with E-state index in [2.05, 4.69) is 5.32 Å². The second-order valence-corrected chi connectivity index (χ2v) is 3.02. The van der Waals surface area contributed by atoms with Crippen LogP contribution in [0.15, 0.2) is 12.2 Å². The smallest absolute Gasteiger partial charge is 0.234 e. The van der Waals surface area contributed by atoms with Crippen LogP contribution in [0.1, 0.15) is 6.42 Å². The van der Waals surface area contributed by atoms with Gasteiger partial charge in [-0.1, -0.05) is 6.08 Å². The zero-order chi connectivity index (χ0) is 8.72. The first-order valence-electron chi connectivity index (χ1n) is 3.74. The Hall–Kier alpha value is -1.45. The van der Waals surface area contributed by atoms with E-state index in [1.807, 2.05) is 0 Å². The summed E-state index contributed by atoms with van der Waals surface area (Å²) < 4.78 is 0. The van der Waals surface area contributed by atoms with Crippen molar-refractivity contribution in [2.75, 3.05) is 0 Å². The van der Waals surface area contributed by atoms with E-state index >= 15 is 0 Å². The summed E-state index contributed by atoms with van der Waals surface area (Å²) in [5, 5.41) is 2.20. The molecule has 1 heterocycles. The standard InChI is InChI=1S/C8H7NO3/c10-4-1-2-5-6(3-4)8(12)9-7(5)11/h1-2,5-6H,3H2,(H,9,11,12). The number of hydrogen-bond acceptors (Lipinski definition) is 3. The molecule has 0 aromatic heterocycles. The Morgan fingerprint density at radius 1 is 1.25 bits per heavy atom. The fourth-order valence-electron chi connectivity index (χ4n) is 1.58. The van der Waals surface area contributed by atoms with Crippen molar-refractivity contribution in [2.24, 2.45) is 11.8 Å². The fraction of sp³-hybridized carbons (Fsp3) is 0.375. The molecule has 2 amide bonds. The molecule has 0 radical (unpaired) electrons. The van der Waals surface area contributed by atoms with Crippen LogP contribution in [0.4, 0.5) is 0 Å². The molecule has 62 valence electrons. The van der Waals surface area contributed by atoms with Crippen LogP contribution >= 0.6 is 0 Å². The normalized spacial score (nSPS) is 33.5. The molecular formula is C8H7NO3. The van der Waals surface area contributed by atoms with E-state index < -0.39 is 11.8 Å². The predicted molar refractivity (Wildman–Crippen MR) is 38.9 cm³/mol. The van der Waals surface area contributed by atoms with Crippen molar-refractivity contribution in [3.05, 3.63) is 12.2 Å². The first kappa shape index (κ1) is 7.21. The SMILES string of the molecule is O=C1C=CC2C(=O)NC(=O)C2C1. The van der Waals surface area contributed by atoms with Crippen LogP contribution in [0.3, 0.4) is 0 Å². The van der Waals surface area contributed by atoms with Crippen molar-refractivity contribution in [3.8, 4) is 0 Å². The molecule has 0 spiro atoms. The van der Waals surface area contributed by atoms with Gasteiger partial charge in [0, 0.05) is 6.42 Å². The average Bonchev–Trinajstić information content (AvgIpc) is 2.28. The van der Waals surface area contributed by atoms with E-state index in [9.17, 15) is 14.4 Å². The van der Waals surface area contributed by atoms with Crippen LogP contribution in [0, 0.1) is 11.8 Å². The van der Waals surface area contributed by atoms with Gasteiger partial charge in [-0.2, -0.15) is 0 Å². The molecular weight excluding hydrogens is 158 g/mol. The van der Waals surface area contributed by atoms with E-state index in [1.165, 1.54) is 12.2 Å². The lowest BCUT2D eigenvalue weighted by Gasteiger charge is -2.13. The molecule has 4 nitrogen and oxygen atoms in total. The third-order valence-corrected chi connectivity index (χ3v) is 2.23. The Labute approximate surface area is 68.6 Å². The third kappa shape index (κ3) is 0.879. The number of carbonyl (C=O) groups excluding carboxylic acids is 3. The molecule has 4 heteroatoms. The highest BCUT2D eigenvalue weighted by Crippen LogP contribution is 2.27. The van der Waals surface area contributed by atoms with Gasteiger partial charge in [0.15, 0.2) is 5.78 Å². The van der Waals surface area contributed by atoms with Gasteiger partial charge in [0.2, 0.25) is 11.8 Å². The molecule has 0 saturated carbocycles. The van der Waals surface area contributed by atoms with E-state index in [1.54, 1.807) is 0 Å². The zero-order valence-corrected chi connectivity index (χ0v) is 6.24. The summed E-state index contributed by atoms with van der Waals surface area (Å²) >= 11 is 0. The topological polar surface area (TPSA) is 63.2 Å². The van der Waals surface area contributed by atoms with Gasteiger partial charge < -0.3 is 0 Å². The summed E-state index contributed by atoms with van der Waals surface area (Å²) in [5.41, 5.74) is 0. The molecule has 0 aromatic carbocycles. The molecule has 1 N–H and O–H groups in total. The largest absolute Gasteiger partial charge is 0.296 e. The van der Waals surface area contributed by atoms with Gasteiger partial charge in [-0.3, -0.25) is 19.7 Å². The van der Waals surface area contributed by atoms with Gasteiger partial charge in [0.25, 0.3) is 0 Å². The highest BCUT2D eigenvalue weighted by molar-refractivity contribution is 6.09. The van der Waals surface area contributed by atoms with Gasteiger partial charge in [-0.15, -0.1) is 0 Å². The van der Waals surface area contributed by atoms with Crippen LogP contribution in [0.5, 0.6) is 0 Å². The number of rotatable bonds is 0. The van der Waals surface area contributed by atoms with Crippen LogP contribution in [-0.4, -0.2) is 17.6 Å². The molecule has 2 unspecified atom stereocenters. The van der Waals surface area contributed by atoms with E-state index in [4.69, 9.17) is 0 Å².